The zero-order valence-corrected chi connectivity index (χ0v) is 9.11. The summed E-state index contributed by atoms with van der Waals surface area (Å²) in [6.45, 7) is 12.1. The van der Waals surface area contributed by atoms with Crippen LogP contribution >= 0.6 is 11.8 Å². The Morgan fingerprint density at radius 2 is 2.00 bits per heavy atom. The van der Waals surface area contributed by atoms with Gasteiger partial charge >= 0.3 is 0 Å². The van der Waals surface area contributed by atoms with Crippen LogP contribution < -0.4 is 0 Å². The van der Waals surface area contributed by atoms with Gasteiger partial charge in [-0.1, -0.05) is 27.4 Å². The maximum Gasteiger partial charge on any atom is 0.0367 e. The van der Waals surface area contributed by atoms with Gasteiger partial charge < -0.3 is 0 Å². The van der Waals surface area contributed by atoms with E-state index in [-0.39, 0.29) is 5.41 Å². The molecule has 0 spiro atoms. The van der Waals surface area contributed by atoms with Gasteiger partial charge in [0, 0.05) is 17.3 Å². The predicted octanol–water partition coefficient (Wildman–Crippen LogP) is 3.84. The van der Waals surface area contributed by atoms with Crippen LogP contribution in [0.5, 0.6) is 0 Å². The van der Waals surface area contributed by atoms with E-state index in [1.165, 1.54) is 4.91 Å². The SMILES string of the molecule is C=CS/C(=C\N=C\C)C(C)(C)C. The summed E-state index contributed by atoms with van der Waals surface area (Å²) in [6, 6.07) is 0. The standard InChI is InChI=1S/C10H17NS/c1-6-11-8-9(12-7-2)10(3,4)5/h6-8H,2H2,1,3-5H3/b9-8-,11-6+. The highest BCUT2D eigenvalue weighted by Crippen LogP contribution is 2.34. The van der Waals surface area contributed by atoms with Crippen LogP contribution in [0, 0.1) is 5.41 Å². The number of hydrogen-bond donors (Lipinski definition) is 0. The fourth-order valence-electron chi connectivity index (χ4n) is 0.633. The third-order valence-corrected chi connectivity index (χ3v) is 2.43. The predicted molar refractivity (Wildman–Crippen MR) is 59.5 cm³/mol. The molecule has 1 nitrogen and oxygen atoms in total. The zero-order chi connectivity index (χ0) is 9.61. The Morgan fingerprint density at radius 3 is 2.33 bits per heavy atom. The monoisotopic (exact) mass is 183 g/mol. The molecule has 0 heterocycles. The van der Waals surface area contributed by atoms with E-state index in [0.29, 0.717) is 0 Å². The first-order valence-electron chi connectivity index (χ1n) is 3.98. The van der Waals surface area contributed by atoms with Crippen molar-refractivity contribution < 1.29 is 0 Å². The van der Waals surface area contributed by atoms with Crippen LogP contribution in [0.4, 0.5) is 0 Å². The maximum absolute atomic E-state index is 4.10. The van der Waals surface area contributed by atoms with Crippen molar-refractivity contribution in [1.82, 2.24) is 0 Å². The average Bonchev–Trinajstić information content (AvgIpc) is 1.95. The molecule has 0 atom stereocenters. The largest absolute Gasteiger partial charge is 0.269 e. The molecule has 2 heteroatoms. The van der Waals surface area contributed by atoms with Crippen molar-refractivity contribution in [3.63, 3.8) is 0 Å². The molecule has 0 radical (unpaired) electrons. The Kier molecular flexibility index (Phi) is 4.98. The lowest BCUT2D eigenvalue weighted by atomic mass is 9.97. The fourth-order valence-corrected chi connectivity index (χ4v) is 1.29. The highest BCUT2D eigenvalue weighted by molar-refractivity contribution is 8.05. The normalized spacial score (nSPS) is 13.8. The zero-order valence-electron chi connectivity index (χ0n) is 8.29. The Hall–Kier alpha value is -0.500. The maximum atomic E-state index is 4.10. The number of hydrogen-bond acceptors (Lipinski definition) is 2. The van der Waals surface area contributed by atoms with E-state index in [2.05, 4.69) is 32.3 Å². The van der Waals surface area contributed by atoms with Crippen molar-refractivity contribution in [3.05, 3.63) is 23.1 Å². The first-order valence-corrected chi connectivity index (χ1v) is 4.86. The van der Waals surface area contributed by atoms with E-state index in [1.807, 2.05) is 18.5 Å². The van der Waals surface area contributed by atoms with E-state index in [4.69, 9.17) is 0 Å². The Bertz CT molecular complexity index is 196. The van der Waals surface area contributed by atoms with E-state index in [9.17, 15) is 0 Å². The van der Waals surface area contributed by atoms with Gasteiger partial charge in [0.2, 0.25) is 0 Å². The molecule has 0 fully saturated rings. The lowest BCUT2D eigenvalue weighted by Gasteiger charge is -2.19. The van der Waals surface area contributed by atoms with Gasteiger partial charge in [0.1, 0.15) is 0 Å². The van der Waals surface area contributed by atoms with E-state index in [0.717, 1.165) is 0 Å². The number of thioether (sulfide) groups is 1. The summed E-state index contributed by atoms with van der Waals surface area (Å²) < 4.78 is 0. The number of allylic oxidation sites excluding steroid dienone is 1. The van der Waals surface area contributed by atoms with Gasteiger partial charge in [-0.15, -0.1) is 11.8 Å². The topological polar surface area (TPSA) is 12.4 Å². The fraction of sp³-hybridized carbons (Fsp3) is 0.500. The second-order valence-corrected chi connectivity index (χ2v) is 4.44. The summed E-state index contributed by atoms with van der Waals surface area (Å²) >= 11 is 1.63. The molecule has 0 unspecified atom stereocenters. The van der Waals surface area contributed by atoms with E-state index < -0.39 is 0 Å². The third kappa shape index (κ3) is 4.39. The molecule has 0 N–H and O–H groups in total. The molecule has 0 saturated carbocycles. The molecule has 0 aromatic carbocycles. The molecular weight excluding hydrogens is 166 g/mol. The van der Waals surface area contributed by atoms with Crippen LogP contribution in [0.1, 0.15) is 27.7 Å². The van der Waals surface area contributed by atoms with Crippen LogP contribution in [0.3, 0.4) is 0 Å². The van der Waals surface area contributed by atoms with Gasteiger partial charge in [0.25, 0.3) is 0 Å². The molecule has 0 amide bonds. The molecule has 0 aliphatic heterocycles. The van der Waals surface area contributed by atoms with Crippen LogP contribution in [0.2, 0.25) is 0 Å². The summed E-state index contributed by atoms with van der Waals surface area (Å²) in [4.78, 5) is 5.33. The van der Waals surface area contributed by atoms with Crippen molar-refractivity contribution in [3.8, 4) is 0 Å². The third-order valence-electron chi connectivity index (χ3n) is 1.29. The first-order chi connectivity index (χ1) is 5.52. The van der Waals surface area contributed by atoms with Crippen molar-refractivity contribution >= 4 is 18.0 Å². The van der Waals surface area contributed by atoms with Crippen molar-refractivity contribution in [2.24, 2.45) is 10.4 Å². The minimum atomic E-state index is 0.158. The van der Waals surface area contributed by atoms with Crippen LogP contribution in [-0.2, 0) is 0 Å². The van der Waals surface area contributed by atoms with Gasteiger partial charge in [-0.05, 0) is 17.7 Å². The second kappa shape index (κ2) is 5.20. The highest BCUT2D eigenvalue weighted by atomic mass is 32.2. The van der Waals surface area contributed by atoms with E-state index in [1.54, 1.807) is 18.0 Å². The van der Waals surface area contributed by atoms with Crippen LogP contribution in [0.25, 0.3) is 0 Å². The van der Waals surface area contributed by atoms with Gasteiger partial charge in [-0.3, -0.25) is 4.99 Å². The number of nitrogens with zero attached hydrogens (tertiary/aromatic N) is 1. The molecule has 0 bridgehead atoms. The van der Waals surface area contributed by atoms with Crippen molar-refractivity contribution in [2.45, 2.75) is 27.7 Å². The molecule has 0 aliphatic carbocycles. The van der Waals surface area contributed by atoms with Crippen molar-refractivity contribution in [2.75, 3.05) is 0 Å². The van der Waals surface area contributed by atoms with Gasteiger partial charge in [-0.25, -0.2) is 0 Å². The van der Waals surface area contributed by atoms with E-state index >= 15 is 0 Å². The van der Waals surface area contributed by atoms with Crippen molar-refractivity contribution in [1.29, 1.82) is 0 Å². The lowest BCUT2D eigenvalue weighted by molar-refractivity contribution is 0.532. The Labute approximate surface area is 79.7 Å². The molecule has 12 heavy (non-hydrogen) atoms. The quantitative estimate of drug-likeness (QED) is 0.605. The average molecular weight is 183 g/mol. The molecule has 68 valence electrons. The van der Waals surface area contributed by atoms with Crippen LogP contribution in [0.15, 0.2) is 28.1 Å². The second-order valence-electron chi connectivity index (χ2n) is 3.44. The van der Waals surface area contributed by atoms with Gasteiger partial charge in [0.05, 0.1) is 0 Å². The Balaban J connectivity index is 4.53. The summed E-state index contributed by atoms with van der Waals surface area (Å²) in [7, 11) is 0. The summed E-state index contributed by atoms with van der Waals surface area (Å²) in [6.07, 6.45) is 3.68. The number of rotatable bonds is 3. The minimum absolute atomic E-state index is 0.158. The Morgan fingerprint density at radius 1 is 1.42 bits per heavy atom. The highest BCUT2D eigenvalue weighted by Gasteiger charge is 2.15. The summed E-state index contributed by atoms with van der Waals surface area (Å²) in [5, 5.41) is 1.84. The molecule has 0 aliphatic rings. The lowest BCUT2D eigenvalue weighted by Crippen LogP contribution is -2.05. The molecule has 0 saturated heterocycles. The van der Waals surface area contributed by atoms with Crippen LogP contribution in [-0.4, -0.2) is 6.21 Å². The molecule has 0 aromatic heterocycles. The first kappa shape index (κ1) is 11.5. The van der Waals surface area contributed by atoms with Gasteiger partial charge in [-0.2, -0.15) is 0 Å². The number of aliphatic imine (C=N–C) groups is 1. The molecule has 0 rings (SSSR count). The molecule has 0 aromatic rings. The smallest absolute Gasteiger partial charge is 0.0367 e. The minimum Gasteiger partial charge on any atom is -0.269 e. The summed E-state index contributed by atoms with van der Waals surface area (Å²) in [5.41, 5.74) is 0.158. The van der Waals surface area contributed by atoms with Gasteiger partial charge in [0.15, 0.2) is 0 Å². The summed E-state index contributed by atoms with van der Waals surface area (Å²) in [5.74, 6) is 0. The molecular formula is C10H17NS.